The zero-order valence-corrected chi connectivity index (χ0v) is 18.8. The van der Waals surface area contributed by atoms with Crippen molar-refractivity contribution < 1.29 is 9.47 Å². The first kappa shape index (κ1) is 20.8. The average Bonchev–Trinajstić information content (AvgIpc) is 3.28. The molecule has 1 saturated heterocycles. The summed E-state index contributed by atoms with van der Waals surface area (Å²) >= 11 is 0. The topological polar surface area (TPSA) is 101 Å². The Hall–Kier alpha value is -3.06. The number of ether oxygens (including phenoxy) is 2. The van der Waals surface area contributed by atoms with Crippen molar-refractivity contribution in [3.8, 4) is 5.69 Å². The molecule has 1 aromatic heterocycles. The molecule has 5 rings (SSSR count). The quantitative estimate of drug-likeness (QED) is 0.676. The first-order chi connectivity index (χ1) is 15.6. The Morgan fingerprint density at radius 3 is 2.62 bits per heavy atom. The Labute approximate surface area is 188 Å². The molecule has 0 amide bonds. The molecule has 2 fully saturated rings. The van der Waals surface area contributed by atoms with E-state index in [-0.39, 0.29) is 17.7 Å². The minimum Gasteiger partial charge on any atom is -0.444 e. The molecule has 2 aromatic rings. The van der Waals surface area contributed by atoms with Crippen LogP contribution in [0.3, 0.4) is 0 Å². The molecular formula is C25H31N5O2. The van der Waals surface area contributed by atoms with Gasteiger partial charge in [0, 0.05) is 54.4 Å². The third-order valence-electron chi connectivity index (χ3n) is 6.56. The van der Waals surface area contributed by atoms with Gasteiger partial charge in [-0.25, -0.2) is 4.98 Å². The van der Waals surface area contributed by atoms with Gasteiger partial charge in [0.25, 0.3) is 0 Å². The normalized spacial score (nSPS) is 24.2. The minimum atomic E-state index is -0.200. The maximum Gasteiger partial charge on any atom is 0.210 e. The van der Waals surface area contributed by atoms with Crippen LogP contribution in [0.2, 0.25) is 0 Å². The molecule has 1 saturated carbocycles. The van der Waals surface area contributed by atoms with Gasteiger partial charge in [-0.05, 0) is 50.8 Å². The fourth-order valence-corrected chi connectivity index (χ4v) is 4.81. The van der Waals surface area contributed by atoms with Crippen molar-refractivity contribution in [2.75, 3.05) is 19.8 Å². The average molecular weight is 434 g/mol. The van der Waals surface area contributed by atoms with Crippen LogP contribution in [0.15, 0.2) is 64.6 Å². The van der Waals surface area contributed by atoms with E-state index in [1.54, 1.807) is 0 Å². The van der Waals surface area contributed by atoms with Crippen molar-refractivity contribution in [1.29, 1.82) is 0 Å². The lowest BCUT2D eigenvalue weighted by atomic mass is 9.80. The molecule has 4 N–H and O–H groups in total. The van der Waals surface area contributed by atoms with Gasteiger partial charge in [0.1, 0.15) is 11.6 Å². The second-order valence-corrected chi connectivity index (χ2v) is 8.77. The van der Waals surface area contributed by atoms with E-state index in [4.69, 9.17) is 25.9 Å². The predicted molar refractivity (Wildman–Crippen MR) is 124 cm³/mol. The zero-order valence-electron chi connectivity index (χ0n) is 18.8. The third-order valence-corrected chi connectivity index (χ3v) is 6.56. The summed E-state index contributed by atoms with van der Waals surface area (Å²) in [4.78, 5) is 9.45. The number of hydrogen-bond acceptors (Lipinski definition) is 6. The third kappa shape index (κ3) is 3.71. The molecular weight excluding hydrogens is 402 g/mol. The summed E-state index contributed by atoms with van der Waals surface area (Å²) in [6.07, 6.45) is 7.30. The summed E-state index contributed by atoms with van der Waals surface area (Å²) in [5.41, 5.74) is 17.5. The van der Waals surface area contributed by atoms with Gasteiger partial charge in [0.2, 0.25) is 5.88 Å². The highest BCUT2D eigenvalue weighted by atomic mass is 16.5. The number of nitrogens with zero attached hydrogens (tertiary/aromatic N) is 3. The van der Waals surface area contributed by atoms with Crippen LogP contribution in [0.4, 0.5) is 0 Å². The molecule has 3 heterocycles. The van der Waals surface area contributed by atoms with E-state index in [0.29, 0.717) is 24.8 Å². The van der Waals surface area contributed by atoms with E-state index < -0.39 is 0 Å². The van der Waals surface area contributed by atoms with Gasteiger partial charge in [0.05, 0.1) is 18.2 Å². The minimum absolute atomic E-state index is 0.200. The van der Waals surface area contributed by atoms with Crippen molar-refractivity contribution >= 4 is 5.71 Å². The van der Waals surface area contributed by atoms with Crippen LogP contribution in [-0.4, -0.2) is 35.0 Å². The summed E-state index contributed by atoms with van der Waals surface area (Å²) in [5, 5.41) is 0. The monoisotopic (exact) mass is 433 g/mol. The maximum atomic E-state index is 6.54. The van der Waals surface area contributed by atoms with Crippen LogP contribution in [-0.2, 0) is 9.47 Å². The second-order valence-electron chi connectivity index (χ2n) is 8.77. The van der Waals surface area contributed by atoms with E-state index >= 15 is 0 Å². The lowest BCUT2D eigenvalue weighted by Crippen LogP contribution is -2.31. The van der Waals surface area contributed by atoms with E-state index in [9.17, 15) is 0 Å². The molecule has 0 bridgehead atoms. The smallest absolute Gasteiger partial charge is 0.210 e. The molecule has 7 heteroatoms. The Morgan fingerprint density at radius 2 is 1.97 bits per heavy atom. The van der Waals surface area contributed by atoms with Gasteiger partial charge in [-0.15, -0.1) is 0 Å². The first-order valence-corrected chi connectivity index (χ1v) is 11.5. The predicted octanol–water partition coefficient (Wildman–Crippen LogP) is 3.72. The molecule has 0 radical (unpaired) electrons. The highest BCUT2D eigenvalue weighted by Crippen LogP contribution is 2.42. The molecule has 168 valence electrons. The largest absolute Gasteiger partial charge is 0.444 e. The number of aromatic nitrogens is 2. The Bertz CT molecular complexity index is 1090. The number of imidazole rings is 1. The lowest BCUT2D eigenvalue weighted by Gasteiger charge is -2.31. The molecule has 2 aliphatic heterocycles. The standard InChI is InChI=1S/C25H31N5O2/c1-3-28-23(18-10-13-31-14-18)20-15(2)32-24(27)22(26)21(20)16-6-8-19(9-7-16)30-12-11-29-25(30)17-4-5-17/h6-9,11-12,17-18,21H,3-5,10,13-14,26-27H2,1-2H3. The van der Waals surface area contributed by atoms with Crippen LogP contribution < -0.4 is 11.5 Å². The van der Waals surface area contributed by atoms with Crippen molar-refractivity contribution in [2.45, 2.75) is 44.9 Å². The van der Waals surface area contributed by atoms with E-state index in [2.05, 4.69) is 40.7 Å². The number of nitrogens with two attached hydrogens (primary N) is 2. The van der Waals surface area contributed by atoms with Crippen LogP contribution in [0, 0.1) is 5.92 Å². The fourth-order valence-electron chi connectivity index (χ4n) is 4.81. The Morgan fingerprint density at radius 1 is 1.19 bits per heavy atom. The van der Waals surface area contributed by atoms with Crippen LogP contribution in [0.25, 0.3) is 5.69 Å². The second kappa shape index (κ2) is 8.47. The highest BCUT2D eigenvalue weighted by molar-refractivity contribution is 6.04. The lowest BCUT2D eigenvalue weighted by molar-refractivity contribution is 0.193. The van der Waals surface area contributed by atoms with Gasteiger partial charge >= 0.3 is 0 Å². The first-order valence-electron chi connectivity index (χ1n) is 11.5. The molecule has 0 spiro atoms. The summed E-state index contributed by atoms with van der Waals surface area (Å²) in [6.45, 7) is 6.12. The van der Waals surface area contributed by atoms with Crippen LogP contribution in [0.5, 0.6) is 0 Å². The van der Waals surface area contributed by atoms with Gasteiger partial charge in [-0.2, -0.15) is 0 Å². The van der Waals surface area contributed by atoms with Gasteiger partial charge in [-0.1, -0.05) is 12.1 Å². The number of aliphatic imine (C=N–C) groups is 1. The summed E-state index contributed by atoms with van der Waals surface area (Å²) < 4.78 is 13.7. The summed E-state index contributed by atoms with van der Waals surface area (Å²) in [6, 6.07) is 8.52. The van der Waals surface area contributed by atoms with Crippen molar-refractivity contribution in [3.05, 3.63) is 71.0 Å². The van der Waals surface area contributed by atoms with Crippen LogP contribution in [0.1, 0.15) is 56.3 Å². The van der Waals surface area contributed by atoms with E-state index in [0.717, 1.165) is 47.1 Å². The molecule has 3 aliphatic rings. The SMILES string of the molecule is CCN=C(C1=C(C)OC(N)=C(N)C1c1ccc(-n2ccnc2C2CC2)cc1)C1CCOC1. The number of rotatable bonds is 6. The number of hydrogen-bond donors (Lipinski definition) is 2. The number of allylic oxidation sites excluding steroid dienone is 2. The Balaban J connectivity index is 1.53. The summed E-state index contributed by atoms with van der Waals surface area (Å²) in [5.74, 6) is 2.79. The molecule has 2 unspecified atom stereocenters. The van der Waals surface area contributed by atoms with Gasteiger partial charge in [0.15, 0.2) is 0 Å². The molecule has 32 heavy (non-hydrogen) atoms. The molecule has 2 atom stereocenters. The molecule has 1 aromatic carbocycles. The van der Waals surface area contributed by atoms with Gasteiger partial charge in [-0.3, -0.25) is 4.99 Å². The van der Waals surface area contributed by atoms with Crippen LogP contribution >= 0.6 is 0 Å². The molecule has 7 nitrogen and oxygen atoms in total. The van der Waals surface area contributed by atoms with E-state index in [1.165, 1.54) is 12.8 Å². The number of benzene rings is 1. The maximum absolute atomic E-state index is 6.54. The molecule has 1 aliphatic carbocycles. The zero-order chi connectivity index (χ0) is 22.2. The van der Waals surface area contributed by atoms with Crippen molar-refractivity contribution in [1.82, 2.24) is 9.55 Å². The highest BCUT2D eigenvalue weighted by Gasteiger charge is 2.36. The Kier molecular flexibility index (Phi) is 5.51. The van der Waals surface area contributed by atoms with Crippen molar-refractivity contribution in [2.24, 2.45) is 22.4 Å². The van der Waals surface area contributed by atoms with Crippen molar-refractivity contribution in [3.63, 3.8) is 0 Å². The fraction of sp³-hybridized carbons (Fsp3) is 0.440. The van der Waals surface area contributed by atoms with E-state index in [1.807, 2.05) is 19.3 Å². The van der Waals surface area contributed by atoms with Gasteiger partial charge < -0.3 is 25.5 Å². The summed E-state index contributed by atoms with van der Waals surface area (Å²) in [7, 11) is 0.